The molecule has 2 aromatic carbocycles. The molecule has 39 heavy (non-hydrogen) atoms. The molecule has 1 N–H and O–H groups in total. The number of likely N-dealkylation sites (N-methyl/N-ethyl adjacent to an activating group) is 1. The maximum Gasteiger partial charge on any atom is 0.319 e. The van der Waals surface area contributed by atoms with Gasteiger partial charge in [0.15, 0.2) is 5.82 Å². The highest BCUT2D eigenvalue weighted by Crippen LogP contribution is 2.43. The Balaban J connectivity index is 1.40. The van der Waals surface area contributed by atoms with Gasteiger partial charge in [-0.15, -0.1) is 0 Å². The van der Waals surface area contributed by atoms with Crippen LogP contribution in [0.25, 0.3) is 22.0 Å². The number of likely N-dealkylation sites (tertiary alicyclic amines) is 2. The number of aromatic hydroxyl groups is 1. The molecular formula is C30H32N6O3. The molecule has 1 atom stereocenters. The first-order chi connectivity index (χ1) is 18.9. The van der Waals surface area contributed by atoms with E-state index in [9.17, 15) is 15.2 Å². The van der Waals surface area contributed by atoms with Crippen LogP contribution in [-0.4, -0.2) is 83.2 Å². The molecule has 0 bridgehead atoms. The lowest BCUT2D eigenvalue weighted by Gasteiger charge is -2.47. The molecule has 6 rings (SSSR count). The third-order valence-electron chi connectivity index (χ3n) is 8.44. The molecule has 0 aliphatic carbocycles. The van der Waals surface area contributed by atoms with Gasteiger partial charge in [-0.05, 0) is 61.8 Å². The van der Waals surface area contributed by atoms with Crippen molar-refractivity contribution in [3.63, 3.8) is 0 Å². The zero-order valence-electron chi connectivity index (χ0n) is 22.1. The Morgan fingerprint density at radius 1 is 1.26 bits per heavy atom. The fourth-order valence-electron chi connectivity index (χ4n) is 6.29. The molecule has 3 aliphatic heterocycles. The summed E-state index contributed by atoms with van der Waals surface area (Å²) in [6, 6.07) is 14.0. The summed E-state index contributed by atoms with van der Waals surface area (Å²) >= 11 is 0. The summed E-state index contributed by atoms with van der Waals surface area (Å²) in [5, 5.41) is 22.7. The second kappa shape index (κ2) is 9.86. The molecule has 3 fully saturated rings. The summed E-state index contributed by atoms with van der Waals surface area (Å²) in [7, 11) is 2.10. The lowest BCUT2D eigenvalue weighted by molar-refractivity contribution is -0.136. The van der Waals surface area contributed by atoms with Gasteiger partial charge in [0, 0.05) is 43.2 Å². The molecule has 0 saturated carbocycles. The van der Waals surface area contributed by atoms with Crippen LogP contribution in [0.4, 0.5) is 5.82 Å². The predicted molar refractivity (Wildman–Crippen MR) is 149 cm³/mol. The van der Waals surface area contributed by atoms with Gasteiger partial charge < -0.3 is 24.5 Å². The maximum atomic E-state index is 12.1. The number of hydrogen-bond acceptors (Lipinski definition) is 8. The molecule has 3 aliphatic rings. The quantitative estimate of drug-likeness (QED) is 0.488. The van der Waals surface area contributed by atoms with Crippen molar-refractivity contribution in [1.29, 1.82) is 5.26 Å². The number of carbonyl (C=O) groups is 1. The van der Waals surface area contributed by atoms with Gasteiger partial charge in [-0.3, -0.25) is 4.79 Å². The van der Waals surface area contributed by atoms with E-state index in [1.807, 2.05) is 24.3 Å². The van der Waals surface area contributed by atoms with E-state index in [2.05, 4.69) is 29.5 Å². The summed E-state index contributed by atoms with van der Waals surface area (Å²) in [5.41, 5.74) is 1.43. The predicted octanol–water partition coefficient (Wildman–Crippen LogP) is 3.57. The fourth-order valence-corrected chi connectivity index (χ4v) is 6.29. The van der Waals surface area contributed by atoms with Crippen LogP contribution in [0.1, 0.15) is 24.8 Å². The van der Waals surface area contributed by atoms with Crippen LogP contribution >= 0.6 is 0 Å². The van der Waals surface area contributed by atoms with E-state index in [-0.39, 0.29) is 29.1 Å². The molecule has 3 saturated heterocycles. The summed E-state index contributed by atoms with van der Waals surface area (Å²) in [6.45, 7) is 7.84. The number of amides is 1. The van der Waals surface area contributed by atoms with Crippen LogP contribution in [-0.2, 0) is 4.79 Å². The first-order valence-electron chi connectivity index (χ1n) is 13.4. The normalized spacial score (nSPS) is 20.3. The van der Waals surface area contributed by atoms with Gasteiger partial charge in [0.1, 0.15) is 24.0 Å². The Morgan fingerprint density at radius 2 is 2.08 bits per heavy atom. The van der Waals surface area contributed by atoms with E-state index in [0.717, 1.165) is 36.6 Å². The number of hydrogen-bond donors (Lipinski definition) is 1. The Kier molecular flexibility index (Phi) is 6.35. The first kappa shape index (κ1) is 25.1. The second-order valence-electron chi connectivity index (χ2n) is 11.0. The van der Waals surface area contributed by atoms with Crippen LogP contribution < -0.4 is 9.64 Å². The van der Waals surface area contributed by atoms with Crippen molar-refractivity contribution >= 4 is 22.5 Å². The minimum Gasteiger partial charge on any atom is -0.508 e. The molecule has 1 spiro atoms. The van der Waals surface area contributed by atoms with E-state index >= 15 is 0 Å². The van der Waals surface area contributed by atoms with Gasteiger partial charge in [0.2, 0.25) is 5.91 Å². The fraction of sp³-hybridized carbons (Fsp3) is 0.400. The summed E-state index contributed by atoms with van der Waals surface area (Å²) < 4.78 is 6.19. The molecule has 1 aromatic heterocycles. The monoisotopic (exact) mass is 524 g/mol. The van der Waals surface area contributed by atoms with Crippen molar-refractivity contribution in [2.45, 2.75) is 25.3 Å². The van der Waals surface area contributed by atoms with Crippen LogP contribution in [0.2, 0.25) is 0 Å². The molecule has 4 heterocycles. The Morgan fingerprint density at radius 3 is 2.82 bits per heavy atom. The molecule has 3 aromatic rings. The number of fused-ring (bicyclic) bond motifs is 1. The number of aromatic nitrogens is 2. The van der Waals surface area contributed by atoms with E-state index in [0.29, 0.717) is 55.4 Å². The molecule has 9 heteroatoms. The van der Waals surface area contributed by atoms with Crippen molar-refractivity contribution < 1.29 is 14.6 Å². The lowest BCUT2D eigenvalue weighted by Crippen LogP contribution is -2.59. The third kappa shape index (κ3) is 4.55. The maximum absolute atomic E-state index is 12.1. The summed E-state index contributed by atoms with van der Waals surface area (Å²) in [5.74, 6) is 0.587. The van der Waals surface area contributed by atoms with Gasteiger partial charge in [-0.2, -0.15) is 15.2 Å². The van der Waals surface area contributed by atoms with Gasteiger partial charge in [0.05, 0.1) is 5.69 Å². The molecular weight excluding hydrogens is 492 g/mol. The van der Waals surface area contributed by atoms with Gasteiger partial charge in [-0.1, -0.05) is 30.8 Å². The number of nitrogens with zero attached hydrogens (tertiary/aromatic N) is 6. The van der Waals surface area contributed by atoms with Crippen LogP contribution in [0, 0.1) is 16.7 Å². The molecule has 200 valence electrons. The number of rotatable bonds is 6. The topological polar surface area (TPSA) is 106 Å². The Bertz CT molecular complexity index is 1490. The van der Waals surface area contributed by atoms with Gasteiger partial charge in [-0.25, -0.2) is 0 Å². The molecule has 9 nitrogen and oxygen atoms in total. The zero-order valence-corrected chi connectivity index (χ0v) is 22.1. The third-order valence-corrected chi connectivity index (χ3v) is 8.44. The van der Waals surface area contributed by atoms with Gasteiger partial charge in [0.25, 0.3) is 0 Å². The number of phenols is 1. The van der Waals surface area contributed by atoms with E-state index < -0.39 is 0 Å². The number of nitriles is 1. The number of phenolic OH excluding ortho intramolecular Hbond substituents is 1. The van der Waals surface area contributed by atoms with E-state index in [1.165, 1.54) is 6.08 Å². The van der Waals surface area contributed by atoms with Crippen molar-refractivity contribution in [3.8, 4) is 29.1 Å². The second-order valence-corrected chi connectivity index (χ2v) is 11.0. The Labute approximate surface area is 227 Å². The highest BCUT2D eigenvalue weighted by atomic mass is 16.5. The summed E-state index contributed by atoms with van der Waals surface area (Å²) in [4.78, 5) is 27.8. The van der Waals surface area contributed by atoms with Crippen molar-refractivity contribution in [3.05, 3.63) is 54.6 Å². The largest absolute Gasteiger partial charge is 0.508 e. The summed E-state index contributed by atoms with van der Waals surface area (Å²) in [6.07, 6.45) is 4.44. The minimum absolute atomic E-state index is 0.0260. The minimum atomic E-state index is -0.0514. The first-order valence-corrected chi connectivity index (χ1v) is 13.4. The standard InChI is InChI=1S/C30H32N6O3/c1-3-26(38)36-18-30(19-36)10-12-35(17-30)28-25(15-31)27(24-14-22(37)13-20-7-4-5-9-23(20)24)32-29(33-28)39-16-21-8-6-11-34(21)2/h3-5,7,9,13-14,21,37H,1,6,8,10-12,16-19H2,2H3/t21-/m0/s1. The van der Waals surface area contributed by atoms with Crippen molar-refractivity contribution in [1.82, 2.24) is 19.8 Å². The molecule has 1 amide bonds. The van der Waals surface area contributed by atoms with Gasteiger partial charge >= 0.3 is 6.01 Å². The Hall–Kier alpha value is -4.16. The van der Waals surface area contributed by atoms with E-state index in [1.54, 1.807) is 17.0 Å². The molecule has 0 unspecified atom stereocenters. The number of anilines is 1. The number of ether oxygens (including phenoxy) is 1. The number of carbonyl (C=O) groups excluding carboxylic acids is 1. The average Bonchev–Trinajstić information content (AvgIpc) is 3.56. The van der Waals surface area contributed by atoms with Crippen LogP contribution in [0.15, 0.2) is 49.1 Å². The van der Waals surface area contributed by atoms with E-state index in [4.69, 9.17) is 14.7 Å². The SMILES string of the molecule is C=CC(=O)N1CC2(CCN(c3nc(OC[C@@H]4CCCN4C)nc(-c4cc(O)cc5ccccc45)c3C#N)C2)C1. The molecule has 0 radical (unpaired) electrons. The van der Waals surface area contributed by atoms with Crippen LogP contribution in [0.5, 0.6) is 11.8 Å². The van der Waals surface area contributed by atoms with Crippen molar-refractivity contribution in [2.75, 3.05) is 51.3 Å². The lowest BCUT2D eigenvalue weighted by atomic mass is 9.79. The van der Waals surface area contributed by atoms with Crippen molar-refractivity contribution in [2.24, 2.45) is 5.41 Å². The highest BCUT2D eigenvalue weighted by molar-refractivity contribution is 5.98. The van der Waals surface area contributed by atoms with Crippen LogP contribution in [0.3, 0.4) is 0 Å². The zero-order chi connectivity index (χ0) is 27.1. The number of benzene rings is 2. The smallest absolute Gasteiger partial charge is 0.319 e. The highest BCUT2D eigenvalue weighted by Gasteiger charge is 2.49. The average molecular weight is 525 g/mol.